The molecule has 2 fully saturated rings. The van der Waals surface area contributed by atoms with Crippen LogP contribution in [-0.2, 0) is 9.53 Å². The van der Waals surface area contributed by atoms with Crippen molar-refractivity contribution in [2.75, 3.05) is 0 Å². The summed E-state index contributed by atoms with van der Waals surface area (Å²) in [6.45, 7) is 1.05. The Hall–Kier alpha value is -0.510. The first kappa shape index (κ1) is 15.9. The second-order valence-electron chi connectivity index (χ2n) is 4.92. The number of fused-ring (bicyclic) bond motifs is 2. The molecule has 2 aliphatic rings. The number of carbonyl (C=O) groups excluding carboxylic acids is 1. The summed E-state index contributed by atoms with van der Waals surface area (Å²) in [5.41, 5.74) is -3.96. The molecule has 116 valence electrons. The second kappa shape index (κ2) is 4.49. The highest BCUT2D eigenvalue weighted by Crippen LogP contribution is 2.59. The van der Waals surface area contributed by atoms with E-state index in [0.717, 1.165) is 6.92 Å². The number of carbonyl (C=O) groups is 1. The van der Waals surface area contributed by atoms with Crippen LogP contribution in [0.4, 0.5) is 26.3 Å². The third-order valence-corrected chi connectivity index (χ3v) is 4.93. The van der Waals surface area contributed by atoms with Gasteiger partial charge in [-0.05, 0) is 6.42 Å². The molecule has 0 amide bonds. The van der Waals surface area contributed by atoms with E-state index in [2.05, 4.69) is 15.9 Å². The van der Waals surface area contributed by atoms with Gasteiger partial charge in [-0.15, -0.1) is 0 Å². The molecule has 0 unspecified atom stereocenters. The first-order valence-electron chi connectivity index (χ1n) is 5.64. The van der Waals surface area contributed by atoms with Crippen molar-refractivity contribution in [2.24, 2.45) is 5.92 Å². The molecule has 1 saturated carbocycles. The minimum Gasteiger partial charge on any atom is -0.460 e. The lowest BCUT2D eigenvalue weighted by atomic mass is 9.82. The average molecular weight is 370 g/mol. The molecule has 0 spiro atoms. The van der Waals surface area contributed by atoms with Gasteiger partial charge in [-0.1, -0.05) is 15.9 Å². The van der Waals surface area contributed by atoms with Gasteiger partial charge in [-0.25, -0.2) is 0 Å². The molecule has 2 bridgehead atoms. The van der Waals surface area contributed by atoms with Crippen LogP contribution in [0.1, 0.15) is 13.3 Å². The van der Waals surface area contributed by atoms with Crippen LogP contribution in [0, 0.1) is 5.92 Å². The standard InChI is InChI=1S/C10H10BrF6NO2/c1-3(19)20-7-5-2-4(6(7)11)8(18-5,9(12,13)14)10(15,16)17/h4-7,18H,2H2,1H3/t4-,5+,6+,7-/m0/s1. The number of esters is 1. The average Bonchev–Trinajstić information content (AvgIpc) is 2.74. The Kier molecular flexibility index (Phi) is 3.56. The Balaban J connectivity index is 2.37. The number of nitrogens with one attached hydrogen (secondary N) is 1. The zero-order chi connectivity index (χ0) is 15.5. The monoisotopic (exact) mass is 369 g/mol. The van der Waals surface area contributed by atoms with Crippen LogP contribution in [0.25, 0.3) is 0 Å². The summed E-state index contributed by atoms with van der Waals surface area (Å²) in [5.74, 6) is -2.53. The number of alkyl halides is 7. The van der Waals surface area contributed by atoms with E-state index in [1.54, 1.807) is 5.32 Å². The smallest absolute Gasteiger partial charge is 0.415 e. The summed E-state index contributed by atoms with van der Waals surface area (Å²) in [7, 11) is 0. The van der Waals surface area contributed by atoms with Crippen LogP contribution in [0.5, 0.6) is 0 Å². The lowest BCUT2D eigenvalue weighted by Gasteiger charge is -2.44. The van der Waals surface area contributed by atoms with Crippen molar-refractivity contribution >= 4 is 21.9 Å². The number of rotatable bonds is 1. The van der Waals surface area contributed by atoms with E-state index in [9.17, 15) is 31.1 Å². The fourth-order valence-corrected chi connectivity index (χ4v) is 4.12. The van der Waals surface area contributed by atoms with Crippen LogP contribution < -0.4 is 5.32 Å². The van der Waals surface area contributed by atoms with E-state index in [4.69, 9.17) is 4.74 Å². The maximum atomic E-state index is 13.0. The van der Waals surface area contributed by atoms with Gasteiger partial charge in [-0.3, -0.25) is 10.1 Å². The highest BCUT2D eigenvalue weighted by atomic mass is 79.9. The van der Waals surface area contributed by atoms with E-state index in [1.165, 1.54) is 0 Å². The Labute approximate surface area is 118 Å². The third kappa shape index (κ3) is 2.02. The van der Waals surface area contributed by atoms with Crippen LogP contribution >= 0.6 is 15.9 Å². The van der Waals surface area contributed by atoms with E-state index in [-0.39, 0.29) is 6.42 Å². The molecule has 20 heavy (non-hydrogen) atoms. The van der Waals surface area contributed by atoms with Crippen molar-refractivity contribution < 1.29 is 35.9 Å². The molecule has 1 N–H and O–H groups in total. The topological polar surface area (TPSA) is 38.3 Å². The second-order valence-corrected chi connectivity index (χ2v) is 5.97. The quantitative estimate of drug-likeness (QED) is 0.438. The zero-order valence-corrected chi connectivity index (χ0v) is 11.6. The first-order valence-corrected chi connectivity index (χ1v) is 6.56. The Morgan fingerprint density at radius 3 is 2.10 bits per heavy atom. The molecule has 1 aliphatic carbocycles. The van der Waals surface area contributed by atoms with E-state index < -0.39 is 46.8 Å². The molecule has 0 aromatic rings. The molecule has 0 aromatic heterocycles. The van der Waals surface area contributed by atoms with Crippen LogP contribution in [0.2, 0.25) is 0 Å². The number of piperidine rings is 1. The van der Waals surface area contributed by atoms with Gasteiger partial charge in [0.05, 0.1) is 4.83 Å². The van der Waals surface area contributed by atoms with E-state index in [0.29, 0.717) is 0 Å². The summed E-state index contributed by atoms with van der Waals surface area (Å²) >= 11 is 2.83. The summed E-state index contributed by atoms with van der Waals surface area (Å²) in [5, 5.41) is 1.61. The van der Waals surface area contributed by atoms with Gasteiger partial charge < -0.3 is 4.74 Å². The van der Waals surface area contributed by atoms with Crippen molar-refractivity contribution in [1.82, 2.24) is 5.32 Å². The van der Waals surface area contributed by atoms with Crippen LogP contribution in [0.3, 0.4) is 0 Å². The normalized spacial score (nSPS) is 36.2. The van der Waals surface area contributed by atoms with Crippen molar-refractivity contribution in [1.29, 1.82) is 0 Å². The predicted octanol–water partition coefficient (Wildman–Crippen LogP) is 2.54. The predicted molar refractivity (Wildman–Crippen MR) is 58.1 cm³/mol. The Morgan fingerprint density at radius 1 is 1.25 bits per heavy atom. The summed E-state index contributed by atoms with van der Waals surface area (Å²) < 4.78 is 82.9. The lowest BCUT2D eigenvalue weighted by molar-refractivity contribution is -0.320. The first-order chi connectivity index (χ1) is 8.92. The molecular weight excluding hydrogens is 360 g/mol. The molecule has 2 rings (SSSR count). The molecule has 10 heteroatoms. The molecular formula is C10H10BrF6NO2. The number of halogens is 7. The Morgan fingerprint density at radius 2 is 1.75 bits per heavy atom. The maximum Gasteiger partial charge on any atom is 0.415 e. The van der Waals surface area contributed by atoms with Crippen LogP contribution in [0.15, 0.2) is 0 Å². The van der Waals surface area contributed by atoms with E-state index >= 15 is 0 Å². The fraction of sp³-hybridized carbons (Fsp3) is 0.900. The Bertz CT molecular complexity index is 407. The van der Waals surface area contributed by atoms with Crippen molar-refractivity contribution in [3.63, 3.8) is 0 Å². The van der Waals surface area contributed by atoms with Gasteiger partial charge in [0.25, 0.3) is 0 Å². The molecule has 1 heterocycles. The molecule has 3 nitrogen and oxygen atoms in total. The molecule has 0 aromatic carbocycles. The van der Waals surface area contributed by atoms with Crippen LogP contribution in [-0.4, -0.2) is 40.8 Å². The third-order valence-electron chi connectivity index (χ3n) is 3.77. The molecule has 4 atom stereocenters. The molecule has 1 aliphatic heterocycles. The summed E-state index contributed by atoms with van der Waals surface area (Å²) in [6.07, 6.45) is -12.4. The maximum absolute atomic E-state index is 13.0. The minimum atomic E-state index is -5.49. The summed E-state index contributed by atoms with van der Waals surface area (Å²) in [6, 6.07) is -1.18. The van der Waals surface area contributed by atoms with Gasteiger partial charge in [0.2, 0.25) is 5.54 Å². The fourth-order valence-electron chi connectivity index (χ4n) is 3.03. The highest BCUT2D eigenvalue weighted by Gasteiger charge is 2.81. The number of ether oxygens (including phenoxy) is 1. The lowest BCUT2D eigenvalue weighted by Crippen LogP contribution is -2.73. The minimum absolute atomic E-state index is 0.368. The highest BCUT2D eigenvalue weighted by molar-refractivity contribution is 9.09. The van der Waals surface area contributed by atoms with Gasteiger partial charge in [0.1, 0.15) is 6.10 Å². The molecule has 0 radical (unpaired) electrons. The zero-order valence-electron chi connectivity index (χ0n) is 9.98. The largest absolute Gasteiger partial charge is 0.460 e. The van der Waals surface area contributed by atoms with Crippen molar-refractivity contribution in [3.05, 3.63) is 0 Å². The van der Waals surface area contributed by atoms with Crippen molar-refractivity contribution in [3.8, 4) is 0 Å². The summed E-state index contributed by atoms with van der Waals surface area (Å²) in [4.78, 5) is 9.65. The van der Waals surface area contributed by atoms with Gasteiger partial charge in [0, 0.05) is 18.9 Å². The number of hydrogen-bond acceptors (Lipinski definition) is 3. The molecule has 1 saturated heterocycles. The van der Waals surface area contributed by atoms with Crippen molar-refractivity contribution in [2.45, 2.75) is 48.2 Å². The van der Waals surface area contributed by atoms with Gasteiger partial charge >= 0.3 is 18.3 Å². The SMILES string of the molecule is CC(=O)O[C@@H]1[C@H](Br)[C@@H]2C[C@H]1NC2(C(F)(F)F)C(F)(F)F. The number of hydrogen-bond donors (Lipinski definition) is 1. The van der Waals surface area contributed by atoms with E-state index in [1.807, 2.05) is 0 Å². The van der Waals surface area contributed by atoms with Gasteiger partial charge in [0.15, 0.2) is 0 Å². The van der Waals surface area contributed by atoms with Gasteiger partial charge in [-0.2, -0.15) is 26.3 Å².